The molecule has 0 aromatic carbocycles. The molecule has 5 aliphatic rings. The van der Waals surface area contributed by atoms with Crippen LogP contribution >= 0.6 is 22.0 Å². The Balaban J connectivity index is 1.39. The summed E-state index contributed by atoms with van der Waals surface area (Å²) in [7, 11) is 1.52. The van der Waals surface area contributed by atoms with Gasteiger partial charge in [-0.25, -0.2) is 0 Å². The monoisotopic (exact) mass is 494 g/mol. The topological polar surface area (TPSA) is 0 Å². The van der Waals surface area contributed by atoms with Crippen LogP contribution in [0.3, 0.4) is 0 Å². The first-order chi connectivity index (χ1) is 15.6. The first-order valence-corrected chi connectivity index (χ1v) is 16.7. The van der Waals surface area contributed by atoms with Gasteiger partial charge in [0, 0.05) is 4.75 Å². The van der Waals surface area contributed by atoms with Crippen LogP contribution in [0.5, 0.6) is 0 Å². The van der Waals surface area contributed by atoms with E-state index in [1.807, 2.05) is 0 Å². The predicted molar refractivity (Wildman–Crippen MR) is 145 cm³/mol. The highest BCUT2D eigenvalue weighted by atomic mass is 33.1. The van der Waals surface area contributed by atoms with Gasteiger partial charge in [-0.05, 0) is 142 Å². The van der Waals surface area contributed by atoms with E-state index in [2.05, 4.69) is 41.5 Å². The van der Waals surface area contributed by atoms with Crippen molar-refractivity contribution >= 4 is 22.0 Å². The van der Waals surface area contributed by atoms with Crippen molar-refractivity contribution in [3.63, 3.8) is 0 Å². The molecule has 5 aliphatic carbocycles. The Morgan fingerprint density at radius 2 is 1.64 bits per heavy atom. The Morgan fingerprint density at radius 1 is 0.848 bits per heavy atom. The molecule has 0 radical (unpaired) electrons. The summed E-state index contributed by atoms with van der Waals surface area (Å²) in [6.45, 7) is 15.4. The van der Waals surface area contributed by atoms with Gasteiger partial charge in [0.25, 0.3) is 0 Å². The van der Waals surface area contributed by atoms with Gasteiger partial charge in [0.2, 0.25) is 0 Å². The first-order valence-electron chi connectivity index (χ1n) is 14.6. The SMILES string of the molecule is CCC1CC2C(CCC3CC4CCC(C)(SSF)CC(C)CC4CC32C)C2CCC(C)C12C. The maximum Gasteiger partial charge on any atom is 0.115 e. The Labute approximate surface area is 212 Å². The van der Waals surface area contributed by atoms with Gasteiger partial charge < -0.3 is 0 Å². The lowest BCUT2D eigenvalue weighted by atomic mass is 9.41. The van der Waals surface area contributed by atoms with Crippen molar-refractivity contribution < 1.29 is 3.89 Å². The smallest absolute Gasteiger partial charge is 0.115 e. The summed E-state index contributed by atoms with van der Waals surface area (Å²) in [6.07, 6.45) is 17.1. The van der Waals surface area contributed by atoms with Crippen LogP contribution in [-0.4, -0.2) is 4.75 Å². The molecule has 0 bridgehead atoms. The molecule has 5 rings (SSSR count). The zero-order valence-electron chi connectivity index (χ0n) is 22.4. The van der Waals surface area contributed by atoms with E-state index in [1.54, 1.807) is 0 Å². The second-order valence-corrected chi connectivity index (χ2v) is 16.6. The average Bonchev–Trinajstić information content (AvgIpc) is 3.06. The molecule has 0 amide bonds. The van der Waals surface area contributed by atoms with Gasteiger partial charge in [0.15, 0.2) is 0 Å². The van der Waals surface area contributed by atoms with E-state index in [0.717, 1.165) is 53.3 Å². The van der Waals surface area contributed by atoms with E-state index in [-0.39, 0.29) is 4.75 Å². The molecule has 33 heavy (non-hydrogen) atoms. The molecule has 12 atom stereocenters. The summed E-state index contributed by atoms with van der Waals surface area (Å²) in [5.41, 5.74) is 1.19. The van der Waals surface area contributed by atoms with Gasteiger partial charge in [0.1, 0.15) is 11.2 Å². The van der Waals surface area contributed by atoms with Gasteiger partial charge in [-0.3, -0.25) is 0 Å². The molecule has 0 aromatic heterocycles. The lowest BCUT2D eigenvalue weighted by molar-refractivity contribution is -0.154. The highest BCUT2D eigenvalue weighted by molar-refractivity contribution is 8.75. The fourth-order valence-electron chi connectivity index (χ4n) is 11.3. The van der Waals surface area contributed by atoms with Crippen LogP contribution in [0.1, 0.15) is 119 Å². The number of hydrogen-bond donors (Lipinski definition) is 0. The molecule has 0 saturated heterocycles. The third-order valence-electron chi connectivity index (χ3n) is 13.1. The molecule has 0 aliphatic heterocycles. The highest BCUT2D eigenvalue weighted by Crippen LogP contribution is 2.70. The van der Waals surface area contributed by atoms with Gasteiger partial charge in [-0.1, -0.05) is 51.8 Å². The van der Waals surface area contributed by atoms with E-state index in [9.17, 15) is 3.89 Å². The largest absolute Gasteiger partial charge is 0.153 e. The number of fused-ring (bicyclic) bond motifs is 6. The molecule has 12 unspecified atom stereocenters. The normalized spacial score (nSPS) is 56.6. The minimum absolute atomic E-state index is 0.129. The maximum atomic E-state index is 13.2. The molecule has 0 heterocycles. The van der Waals surface area contributed by atoms with Crippen molar-refractivity contribution in [2.45, 2.75) is 123 Å². The minimum atomic E-state index is 0.129. The summed E-state index contributed by atoms with van der Waals surface area (Å²) in [5, 5.41) is 0. The van der Waals surface area contributed by atoms with E-state index in [0.29, 0.717) is 22.0 Å². The summed E-state index contributed by atoms with van der Waals surface area (Å²) in [4.78, 5) is 0. The fourth-order valence-corrected chi connectivity index (χ4v) is 12.9. The van der Waals surface area contributed by atoms with Crippen LogP contribution in [0.15, 0.2) is 0 Å². The van der Waals surface area contributed by atoms with Crippen molar-refractivity contribution in [3.8, 4) is 0 Å². The van der Waals surface area contributed by atoms with Crippen LogP contribution in [0.4, 0.5) is 3.89 Å². The van der Waals surface area contributed by atoms with Crippen molar-refractivity contribution in [2.24, 2.45) is 64.1 Å². The predicted octanol–water partition coefficient (Wildman–Crippen LogP) is 10.4. The van der Waals surface area contributed by atoms with E-state index >= 15 is 0 Å². The fraction of sp³-hybridized carbons (Fsp3) is 1.00. The lowest BCUT2D eigenvalue weighted by Gasteiger charge is -2.64. The molecular weight excluding hydrogens is 443 g/mol. The molecule has 0 spiro atoms. The second kappa shape index (κ2) is 9.18. The van der Waals surface area contributed by atoms with Crippen molar-refractivity contribution in [1.82, 2.24) is 0 Å². The molecular formula is C30H51FS2. The number of hydrogen-bond acceptors (Lipinski definition) is 2. The lowest BCUT2D eigenvalue weighted by Crippen LogP contribution is -2.57. The van der Waals surface area contributed by atoms with Gasteiger partial charge >= 0.3 is 0 Å². The van der Waals surface area contributed by atoms with Crippen LogP contribution in [0.25, 0.3) is 0 Å². The number of halogens is 1. The van der Waals surface area contributed by atoms with Gasteiger partial charge in [-0.2, -0.15) is 3.89 Å². The van der Waals surface area contributed by atoms with Crippen LogP contribution < -0.4 is 0 Å². The van der Waals surface area contributed by atoms with Gasteiger partial charge in [0.05, 0.1) is 0 Å². The molecule has 0 aromatic rings. The molecule has 5 fully saturated rings. The summed E-state index contributed by atoms with van der Waals surface area (Å²) in [6, 6.07) is 0. The zero-order chi connectivity index (χ0) is 23.6. The highest BCUT2D eigenvalue weighted by Gasteiger charge is 2.63. The van der Waals surface area contributed by atoms with Crippen molar-refractivity contribution in [2.75, 3.05) is 0 Å². The molecule has 0 nitrogen and oxygen atoms in total. The first kappa shape index (κ1) is 25.3. The van der Waals surface area contributed by atoms with E-state index in [1.165, 1.54) is 87.8 Å². The Bertz CT molecular complexity index is 711. The summed E-state index contributed by atoms with van der Waals surface area (Å²) in [5.74, 6) is 8.36. The van der Waals surface area contributed by atoms with Crippen LogP contribution in [-0.2, 0) is 0 Å². The molecule has 3 heteroatoms. The quantitative estimate of drug-likeness (QED) is 0.358. The Morgan fingerprint density at radius 3 is 2.36 bits per heavy atom. The van der Waals surface area contributed by atoms with Gasteiger partial charge in [-0.15, -0.1) is 0 Å². The summed E-state index contributed by atoms with van der Waals surface area (Å²) >= 11 is 0.511. The third-order valence-corrected chi connectivity index (χ3v) is 15.3. The molecule has 0 N–H and O–H groups in total. The maximum absolute atomic E-state index is 13.2. The van der Waals surface area contributed by atoms with E-state index < -0.39 is 0 Å². The Kier molecular flexibility index (Phi) is 7.04. The van der Waals surface area contributed by atoms with E-state index in [4.69, 9.17) is 0 Å². The third kappa shape index (κ3) is 4.08. The molecule has 5 saturated carbocycles. The van der Waals surface area contributed by atoms with Crippen molar-refractivity contribution in [3.05, 3.63) is 0 Å². The second-order valence-electron chi connectivity index (χ2n) is 14.5. The van der Waals surface area contributed by atoms with Crippen molar-refractivity contribution in [1.29, 1.82) is 0 Å². The standard InChI is InChI=1S/C30H51FS2/c1-7-23-16-27-25(26-11-8-20(3)30(23,26)6)10-9-24-15-21-12-13-28(4,32-33-31)17-19(2)14-22(21)18-29(24,27)5/h19-27H,7-18H2,1-6H3. The number of rotatable bonds is 3. The summed E-state index contributed by atoms with van der Waals surface area (Å²) < 4.78 is 13.4. The zero-order valence-corrected chi connectivity index (χ0v) is 24.0. The minimum Gasteiger partial charge on any atom is -0.153 e. The Hall–Kier alpha value is 0.630. The average molecular weight is 495 g/mol. The van der Waals surface area contributed by atoms with Crippen LogP contribution in [0, 0.1) is 64.1 Å². The molecule has 190 valence electrons. The van der Waals surface area contributed by atoms with Crippen LogP contribution in [0.2, 0.25) is 0 Å².